The van der Waals surface area contributed by atoms with Crippen LogP contribution in [0.1, 0.15) is 42.9 Å². The largest absolute Gasteiger partial charge is 0.489 e. The molecule has 2 aliphatic rings. The number of alkyl halides is 1. The van der Waals surface area contributed by atoms with E-state index in [-0.39, 0.29) is 28.3 Å². The van der Waals surface area contributed by atoms with Gasteiger partial charge in [-0.3, -0.25) is 14.7 Å². The summed E-state index contributed by atoms with van der Waals surface area (Å²) < 4.78 is 20.1. The molecule has 0 spiro atoms. The zero-order valence-corrected chi connectivity index (χ0v) is 26.4. The quantitative estimate of drug-likeness (QED) is 0.216. The average molecular weight is 706 g/mol. The van der Waals surface area contributed by atoms with Gasteiger partial charge >= 0.3 is 6.03 Å². The molecule has 1 aromatic carbocycles. The number of likely N-dealkylation sites (N-methyl/N-ethyl adjacent to an activating group) is 1. The summed E-state index contributed by atoms with van der Waals surface area (Å²) in [4.78, 5) is 36.6. The Bertz CT molecular complexity index is 1190. The normalized spacial score (nSPS) is 17.7. The van der Waals surface area contributed by atoms with E-state index in [4.69, 9.17) is 27.9 Å². The molecule has 1 aromatic heterocycles. The fourth-order valence-electron chi connectivity index (χ4n) is 5.02. The third kappa shape index (κ3) is 8.10. The lowest BCUT2D eigenvalue weighted by atomic mass is 9.91. The standard InChI is InChI=1S/C28H35Cl2FIN5O3/c1-35(2)25(32)17-40-24-15-21(31)16-33-26(24)18-7-11-36(12-8-18)27(38)23(34-28(39)37-9-3-4-10-37)13-19-5-6-20(29)14-22(19)30/h5-6,14-16,18,23,25H,3-4,7-13,17H2,1-2H3,(H,34,39)/t23-,25+/m1/s1. The maximum atomic E-state index is 14.0. The summed E-state index contributed by atoms with van der Waals surface area (Å²) in [7, 11) is 3.92. The Kier molecular flexibility index (Phi) is 11.1. The first-order valence-corrected chi connectivity index (χ1v) is 15.5. The zero-order chi connectivity index (χ0) is 28.8. The summed E-state index contributed by atoms with van der Waals surface area (Å²) in [6.45, 7) is 2.73. The Balaban J connectivity index is 1.45. The van der Waals surface area contributed by atoms with E-state index in [2.05, 4.69) is 32.9 Å². The molecule has 12 heteroatoms. The zero-order valence-electron chi connectivity index (χ0n) is 22.7. The molecule has 40 heavy (non-hydrogen) atoms. The van der Waals surface area contributed by atoms with Crippen LogP contribution in [0.4, 0.5) is 9.18 Å². The van der Waals surface area contributed by atoms with Crippen LogP contribution in [-0.2, 0) is 11.2 Å². The highest BCUT2D eigenvalue weighted by atomic mass is 127. The lowest BCUT2D eigenvalue weighted by molar-refractivity contribution is -0.134. The molecule has 0 bridgehead atoms. The molecule has 218 valence electrons. The highest BCUT2D eigenvalue weighted by Gasteiger charge is 2.33. The molecule has 2 atom stereocenters. The molecule has 4 rings (SSSR count). The Hall–Kier alpha value is -1.89. The first-order chi connectivity index (χ1) is 19.1. The predicted octanol–water partition coefficient (Wildman–Crippen LogP) is 5.35. The molecule has 2 aromatic rings. The highest BCUT2D eigenvalue weighted by Crippen LogP contribution is 2.34. The number of urea groups is 1. The van der Waals surface area contributed by atoms with Crippen molar-refractivity contribution >= 4 is 57.7 Å². The number of rotatable bonds is 9. The van der Waals surface area contributed by atoms with Crippen LogP contribution in [0.25, 0.3) is 0 Å². The van der Waals surface area contributed by atoms with Crippen LogP contribution >= 0.6 is 45.8 Å². The summed E-state index contributed by atoms with van der Waals surface area (Å²) in [5, 5.41) is 3.93. The number of benzene rings is 1. The number of aromatic nitrogens is 1. The van der Waals surface area contributed by atoms with Gasteiger partial charge in [-0.2, -0.15) is 0 Å². The molecule has 3 amide bonds. The maximum absolute atomic E-state index is 14.0. The number of carbonyl (C=O) groups excluding carboxylic acids is 2. The van der Waals surface area contributed by atoms with Crippen LogP contribution in [0.3, 0.4) is 0 Å². The van der Waals surface area contributed by atoms with Crippen LogP contribution < -0.4 is 10.1 Å². The second kappa shape index (κ2) is 14.3. The Morgan fingerprint density at radius 1 is 1.15 bits per heavy atom. The van der Waals surface area contributed by atoms with Gasteiger partial charge in [0.1, 0.15) is 24.2 Å². The minimum absolute atomic E-state index is 0.0232. The van der Waals surface area contributed by atoms with Gasteiger partial charge in [-0.1, -0.05) is 51.9 Å². The summed E-state index contributed by atoms with van der Waals surface area (Å²) in [6.07, 6.45) is 4.69. The molecular formula is C28H35Cl2FIN5O3. The van der Waals surface area contributed by atoms with Crippen molar-refractivity contribution in [3.05, 3.63) is 57.6 Å². The van der Waals surface area contributed by atoms with Gasteiger partial charge in [0.2, 0.25) is 5.91 Å². The van der Waals surface area contributed by atoms with Gasteiger partial charge in [-0.15, -0.1) is 0 Å². The van der Waals surface area contributed by atoms with Crippen molar-refractivity contribution in [2.45, 2.75) is 48.1 Å². The number of halogens is 4. The molecule has 2 aliphatic heterocycles. The topological polar surface area (TPSA) is 78.0 Å². The molecule has 3 heterocycles. The Morgan fingerprint density at radius 2 is 1.85 bits per heavy atom. The van der Waals surface area contributed by atoms with Gasteiger partial charge in [0.15, 0.2) is 0 Å². The van der Waals surface area contributed by atoms with Gasteiger partial charge in [-0.05, 0) is 57.5 Å². The van der Waals surface area contributed by atoms with Crippen LogP contribution in [0, 0.1) is 5.82 Å². The monoisotopic (exact) mass is 705 g/mol. The minimum Gasteiger partial charge on any atom is -0.489 e. The molecular weight excluding hydrogens is 671 g/mol. The van der Waals surface area contributed by atoms with E-state index in [1.165, 1.54) is 12.3 Å². The van der Waals surface area contributed by atoms with E-state index in [9.17, 15) is 14.0 Å². The third-order valence-electron chi connectivity index (χ3n) is 7.41. The number of hydrogen-bond donors (Lipinski definition) is 1. The van der Waals surface area contributed by atoms with E-state index in [1.54, 1.807) is 28.0 Å². The van der Waals surface area contributed by atoms with Crippen molar-refractivity contribution in [1.29, 1.82) is 0 Å². The number of likely N-dealkylation sites (tertiary alicyclic amines) is 2. The summed E-state index contributed by atoms with van der Waals surface area (Å²) >= 11 is 14.8. The lowest BCUT2D eigenvalue weighted by Gasteiger charge is -2.35. The number of ether oxygens (including phenoxy) is 1. The molecule has 0 unspecified atom stereocenters. The van der Waals surface area contributed by atoms with Crippen LogP contribution in [0.15, 0.2) is 30.5 Å². The van der Waals surface area contributed by atoms with Crippen LogP contribution in [-0.4, -0.2) is 88.6 Å². The van der Waals surface area contributed by atoms with Crippen molar-refractivity contribution in [3.63, 3.8) is 0 Å². The smallest absolute Gasteiger partial charge is 0.318 e. The molecule has 0 radical (unpaired) electrons. The number of hydrogen-bond acceptors (Lipinski definition) is 5. The fourth-order valence-corrected chi connectivity index (χ4v) is 5.69. The van der Waals surface area contributed by atoms with E-state index >= 15 is 0 Å². The second-order valence-electron chi connectivity index (χ2n) is 10.5. The number of piperidine rings is 1. The average Bonchev–Trinajstić information content (AvgIpc) is 3.48. The van der Waals surface area contributed by atoms with Crippen molar-refractivity contribution in [1.82, 2.24) is 25.0 Å². The highest BCUT2D eigenvalue weighted by molar-refractivity contribution is 14.1. The summed E-state index contributed by atoms with van der Waals surface area (Å²) in [5.41, 5.74) is 1.45. The summed E-state index contributed by atoms with van der Waals surface area (Å²) in [6, 6.07) is 5.54. The third-order valence-corrected chi connectivity index (χ3v) is 9.47. The number of nitrogens with one attached hydrogen (secondary N) is 1. The molecule has 8 nitrogen and oxygen atoms in total. The number of amides is 3. The van der Waals surface area contributed by atoms with Crippen LogP contribution in [0.5, 0.6) is 5.75 Å². The first-order valence-electron chi connectivity index (χ1n) is 13.5. The van der Waals surface area contributed by atoms with E-state index in [1.807, 2.05) is 19.0 Å². The number of nitrogens with zero attached hydrogens (tertiary/aromatic N) is 4. The number of carbonyl (C=O) groups is 2. The summed E-state index contributed by atoms with van der Waals surface area (Å²) in [5.74, 6) is -0.130. The van der Waals surface area contributed by atoms with Crippen LogP contribution in [0.2, 0.25) is 10.0 Å². The van der Waals surface area contributed by atoms with Crippen molar-refractivity contribution < 1.29 is 18.7 Å². The van der Waals surface area contributed by atoms with Gasteiger partial charge in [0, 0.05) is 54.6 Å². The second-order valence-corrected chi connectivity index (χ2v) is 12.8. The van der Waals surface area contributed by atoms with Gasteiger partial charge in [0.05, 0.1) is 15.9 Å². The lowest BCUT2D eigenvalue weighted by Crippen LogP contribution is -2.54. The van der Waals surface area contributed by atoms with Gasteiger partial charge < -0.3 is 19.9 Å². The van der Waals surface area contributed by atoms with Crippen molar-refractivity contribution in [2.24, 2.45) is 0 Å². The molecule has 0 aliphatic carbocycles. The Morgan fingerprint density at radius 3 is 2.50 bits per heavy atom. The Labute approximate surface area is 258 Å². The number of pyridine rings is 1. The van der Waals surface area contributed by atoms with Crippen molar-refractivity contribution in [3.8, 4) is 5.75 Å². The SMILES string of the molecule is CN(C)[C@H](I)COc1cc(F)cnc1C1CCN(C(=O)[C@@H](Cc2ccc(Cl)cc2Cl)NC(=O)N2CCCC2)CC1. The van der Waals surface area contributed by atoms with Gasteiger partial charge in [0.25, 0.3) is 0 Å². The van der Waals surface area contributed by atoms with Gasteiger partial charge in [-0.25, -0.2) is 9.18 Å². The molecule has 1 N–H and O–H groups in total. The molecule has 2 saturated heterocycles. The van der Waals surface area contributed by atoms with Crippen molar-refractivity contribution in [2.75, 3.05) is 46.9 Å². The van der Waals surface area contributed by atoms with E-state index in [0.29, 0.717) is 67.1 Å². The molecule has 2 fully saturated rings. The van der Waals surface area contributed by atoms with E-state index < -0.39 is 11.9 Å². The van der Waals surface area contributed by atoms with E-state index in [0.717, 1.165) is 18.4 Å². The molecule has 0 saturated carbocycles. The predicted molar refractivity (Wildman–Crippen MR) is 163 cm³/mol. The minimum atomic E-state index is -0.766. The first kappa shape index (κ1) is 31.1. The maximum Gasteiger partial charge on any atom is 0.318 e. The fraction of sp³-hybridized carbons (Fsp3) is 0.536.